The Morgan fingerprint density at radius 2 is 1.71 bits per heavy atom. The molecule has 0 radical (unpaired) electrons. The molecule has 0 saturated carbocycles. The number of aromatic nitrogens is 2. The standard InChI is InChI=1S/C25H25N5O4/c1-34-19-11-9-18(10-12-19)30-23-20(22(27-30)24(26)32)13-15-29(25(23)33)17-7-5-16(6-8-17)28-14-3-2-4-21(28)31/h5-12H,2-4,13-15H2,1H3,(H2,26,32)/i2D2,3D2,4D2,5D,6D,7D,8D,13D2,15D2. The predicted octanol–water partition coefficient (Wildman–Crippen LogP) is 2.70. The molecule has 0 spiro atoms. The number of primary amides is 1. The Morgan fingerprint density at radius 3 is 2.35 bits per heavy atom. The molecular formula is C25H25N5O4. The highest BCUT2D eigenvalue weighted by atomic mass is 16.5. The first kappa shape index (κ1) is 10.9. The van der Waals surface area contributed by atoms with Crippen LogP contribution in [0.2, 0.25) is 0 Å². The van der Waals surface area contributed by atoms with E-state index in [1.165, 1.54) is 31.4 Å². The van der Waals surface area contributed by atoms with Gasteiger partial charge >= 0.3 is 0 Å². The zero-order chi connectivity index (χ0) is 36.3. The van der Waals surface area contributed by atoms with Gasteiger partial charge < -0.3 is 20.3 Å². The molecule has 0 unspecified atom stereocenters. The normalized spacial score (nSPS) is 29.3. The van der Waals surface area contributed by atoms with E-state index in [2.05, 4.69) is 5.10 Å². The highest BCUT2D eigenvalue weighted by Crippen LogP contribution is 2.31. The molecule has 9 nitrogen and oxygen atoms in total. The van der Waals surface area contributed by atoms with Crippen LogP contribution in [0.3, 0.4) is 0 Å². The quantitative estimate of drug-likeness (QED) is 0.613. The Kier molecular flexibility index (Phi) is 2.77. The zero-order valence-corrected chi connectivity index (χ0v) is 17.5. The summed E-state index contributed by atoms with van der Waals surface area (Å²) in [5.74, 6) is -4.14. The summed E-state index contributed by atoms with van der Waals surface area (Å²) in [5, 5.41) is 3.99. The molecule has 2 aliphatic heterocycles. The molecule has 3 amide bonds. The number of nitrogens with two attached hydrogens (primary N) is 1. The monoisotopic (exact) mass is 473 g/mol. The smallest absolute Gasteiger partial charge is 0.277 e. The zero-order valence-electron chi connectivity index (χ0n) is 31.5. The predicted molar refractivity (Wildman–Crippen MR) is 127 cm³/mol. The van der Waals surface area contributed by atoms with E-state index in [1.807, 2.05) is 0 Å². The van der Waals surface area contributed by atoms with Crippen LogP contribution >= 0.6 is 0 Å². The molecule has 0 atom stereocenters. The van der Waals surface area contributed by atoms with Crippen LogP contribution in [0.5, 0.6) is 5.75 Å². The molecule has 3 aromatic rings. The van der Waals surface area contributed by atoms with Crippen molar-refractivity contribution in [2.75, 3.05) is 30.0 Å². The molecule has 3 heterocycles. The molecule has 1 aromatic heterocycles. The number of carbonyl (C=O) groups is 3. The lowest BCUT2D eigenvalue weighted by Crippen LogP contribution is -2.39. The second-order valence-corrected chi connectivity index (χ2v) is 6.94. The van der Waals surface area contributed by atoms with Crippen molar-refractivity contribution in [3.05, 3.63) is 65.4 Å². The third kappa shape index (κ3) is 3.68. The summed E-state index contributed by atoms with van der Waals surface area (Å²) in [6, 6.07) is 0.832. The molecule has 1 fully saturated rings. The van der Waals surface area contributed by atoms with Crippen LogP contribution in [0, 0.1) is 0 Å². The molecule has 1 saturated heterocycles. The number of anilines is 2. The molecule has 34 heavy (non-hydrogen) atoms. The van der Waals surface area contributed by atoms with Gasteiger partial charge in [0.1, 0.15) is 11.4 Å². The fourth-order valence-electron chi connectivity index (χ4n) is 3.32. The SMILES string of the molecule is [2H]c1c([2H])c(N2C(=O)c3c(c(C(N)=O)nn3-c3ccc(OC)cc3)C([2H])([2H])C2([2H])[2H])c([2H])c([2H])c1N1CC([2H])([2H])C([2H])([2H])C([2H])([2H])C1=O. The van der Waals surface area contributed by atoms with Crippen LogP contribution in [0.25, 0.3) is 5.69 Å². The van der Waals surface area contributed by atoms with Gasteiger partial charge in [0.2, 0.25) is 5.91 Å². The molecule has 9 heteroatoms. The molecule has 0 bridgehead atoms. The highest BCUT2D eigenvalue weighted by Gasteiger charge is 2.34. The van der Waals surface area contributed by atoms with Crippen molar-refractivity contribution in [2.24, 2.45) is 5.73 Å². The number of hydrogen-bond acceptors (Lipinski definition) is 5. The van der Waals surface area contributed by atoms with Gasteiger partial charge in [0, 0.05) is 47.3 Å². The van der Waals surface area contributed by atoms with Crippen LogP contribution in [0.1, 0.15) is 64.8 Å². The van der Waals surface area contributed by atoms with Gasteiger partial charge in [-0.15, -0.1) is 0 Å². The molecule has 2 N–H and O–H groups in total. The number of rotatable bonds is 5. The Hall–Kier alpha value is -4.14. The minimum Gasteiger partial charge on any atom is -0.497 e. The minimum atomic E-state index is -3.56. The van der Waals surface area contributed by atoms with Crippen LogP contribution in [0.15, 0.2) is 48.4 Å². The van der Waals surface area contributed by atoms with Gasteiger partial charge in [-0.1, -0.05) is 0 Å². The van der Waals surface area contributed by atoms with Crippen molar-refractivity contribution in [1.82, 2.24) is 9.78 Å². The second kappa shape index (κ2) is 8.66. The van der Waals surface area contributed by atoms with E-state index in [4.69, 9.17) is 29.7 Å². The van der Waals surface area contributed by atoms with Gasteiger partial charge in [0.25, 0.3) is 11.8 Å². The lowest BCUT2D eigenvalue weighted by molar-refractivity contribution is -0.119. The Labute approximate surface area is 216 Å². The van der Waals surface area contributed by atoms with E-state index in [-0.39, 0.29) is 15.5 Å². The molecule has 2 aromatic carbocycles. The molecular weight excluding hydrogens is 434 g/mol. The van der Waals surface area contributed by atoms with Crippen LogP contribution in [0.4, 0.5) is 11.4 Å². The number of ether oxygens (including phenoxy) is 1. The molecule has 5 rings (SSSR count). The summed E-state index contributed by atoms with van der Waals surface area (Å²) in [7, 11) is 1.38. The second-order valence-electron chi connectivity index (χ2n) is 6.94. The number of amides is 3. The van der Waals surface area contributed by atoms with Crippen LogP contribution < -0.4 is 20.3 Å². The highest BCUT2D eigenvalue weighted by molar-refractivity contribution is 6.09. The van der Waals surface area contributed by atoms with E-state index < -0.39 is 109 Å². The van der Waals surface area contributed by atoms with Crippen LogP contribution in [-0.4, -0.2) is 47.7 Å². The summed E-state index contributed by atoms with van der Waals surface area (Å²) in [6.45, 7) is -4.80. The number of fused-ring (bicyclic) bond motifs is 1. The minimum absolute atomic E-state index is 0.0154. The maximum absolute atomic E-state index is 14.3. The van der Waals surface area contributed by atoms with E-state index in [1.54, 1.807) is 0 Å². The van der Waals surface area contributed by atoms with Crippen LogP contribution in [-0.2, 0) is 11.2 Å². The average Bonchev–Trinajstić information content (AvgIpc) is 3.42. The Bertz CT molecular complexity index is 1880. The lowest BCUT2D eigenvalue weighted by atomic mass is 10.0. The van der Waals surface area contributed by atoms with Gasteiger partial charge in [0.15, 0.2) is 5.69 Å². The van der Waals surface area contributed by atoms with Crippen molar-refractivity contribution >= 4 is 29.1 Å². The van der Waals surface area contributed by atoms with Gasteiger partial charge in [0.05, 0.1) is 21.0 Å². The third-order valence-corrected chi connectivity index (χ3v) is 4.97. The fraction of sp³-hybridized carbons (Fsp3) is 0.280. The van der Waals surface area contributed by atoms with Crippen molar-refractivity contribution in [3.63, 3.8) is 0 Å². The van der Waals surface area contributed by atoms with Gasteiger partial charge in [-0.3, -0.25) is 14.4 Å². The third-order valence-electron chi connectivity index (χ3n) is 4.97. The number of carbonyl (C=O) groups excluding carboxylic acids is 3. The van der Waals surface area contributed by atoms with Crippen molar-refractivity contribution in [3.8, 4) is 11.4 Å². The number of piperidine rings is 1. The Balaban J connectivity index is 1.77. The number of nitrogens with zero attached hydrogens (tertiary/aromatic N) is 4. The average molecular weight is 474 g/mol. The Morgan fingerprint density at radius 1 is 1.03 bits per heavy atom. The van der Waals surface area contributed by atoms with Crippen molar-refractivity contribution in [2.45, 2.75) is 25.5 Å². The first-order valence-electron chi connectivity index (χ1n) is 16.7. The molecule has 2 aliphatic rings. The number of benzene rings is 2. The van der Waals surface area contributed by atoms with E-state index >= 15 is 0 Å². The van der Waals surface area contributed by atoms with E-state index in [0.717, 1.165) is 4.68 Å². The largest absolute Gasteiger partial charge is 0.497 e. The van der Waals surface area contributed by atoms with E-state index in [9.17, 15) is 14.4 Å². The van der Waals surface area contributed by atoms with Gasteiger partial charge in [-0.2, -0.15) is 5.10 Å². The van der Waals surface area contributed by atoms with Crippen molar-refractivity contribution < 1.29 is 38.3 Å². The molecule has 0 aliphatic carbocycles. The van der Waals surface area contributed by atoms with Gasteiger partial charge in [-0.25, -0.2) is 4.68 Å². The summed E-state index contributed by atoms with van der Waals surface area (Å²) in [5.41, 5.74) is 0.997. The van der Waals surface area contributed by atoms with Crippen molar-refractivity contribution in [1.29, 1.82) is 0 Å². The first-order chi connectivity index (χ1) is 21.9. The first-order valence-corrected chi connectivity index (χ1v) is 9.74. The summed E-state index contributed by atoms with van der Waals surface area (Å²) in [6.07, 6.45) is -13.4. The molecule has 174 valence electrons. The van der Waals surface area contributed by atoms with Gasteiger partial charge in [-0.05, 0) is 67.6 Å². The van der Waals surface area contributed by atoms with E-state index in [0.29, 0.717) is 5.75 Å². The topological polar surface area (TPSA) is 111 Å². The fourth-order valence-corrected chi connectivity index (χ4v) is 3.32. The number of hydrogen-bond donors (Lipinski definition) is 1. The maximum Gasteiger partial charge on any atom is 0.277 e. The summed E-state index contributed by atoms with van der Waals surface area (Å²) in [4.78, 5) is 40.0. The summed E-state index contributed by atoms with van der Waals surface area (Å²) < 4.78 is 124. The summed E-state index contributed by atoms with van der Waals surface area (Å²) >= 11 is 0. The number of methoxy groups -OCH3 is 1. The maximum atomic E-state index is 14.3. The lowest BCUT2D eigenvalue weighted by Gasteiger charge is -2.29.